The fourth-order valence-corrected chi connectivity index (χ4v) is 8.87. The number of thioether (sulfide) groups is 1. The molecule has 2 aromatic heterocycles. The Morgan fingerprint density at radius 1 is 1.18 bits per heavy atom. The minimum absolute atomic E-state index is 0.0204. The number of halogens is 2. The van der Waals surface area contributed by atoms with Gasteiger partial charge in [-0.25, -0.2) is 8.78 Å². The van der Waals surface area contributed by atoms with Gasteiger partial charge in [0.15, 0.2) is 5.82 Å². The topological polar surface area (TPSA) is 86.6 Å². The summed E-state index contributed by atoms with van der Waals surface area (Å²) in [4.78, 5) is 18.8. The molecule has 0 amide bonds. The van der Waals surface area contributed by atoms with Gasteiger partial charge in [-0.1, -0.05) is 12.0 Å². The van der Waals surface area contributed by atoms with E-state index in [1.807, 2.05) is 11.8 Å². The Balaban J connectivity index is 1.26. The molecule has 4 aliphatic heterocycles. The van der Waals surface area contributed by atoms with Crippen molar-refractivity contribution in [2.75, 3.05) is 43.9 Å². The van der Waals surface area contributed by atoms with Gasteiger partial charge in [-0.2, -0.15) is 21.7 Å². The lowest BCUT2D eigenvalue weighted by molar-refractivity contribution is 0.108. The third-order valence-corrected chi connectivity index (χ3v) is 11.2. The van der Waals surface area contributed by atoms with E-state index in [0.717, 1.165) is 58.3 Å². The van der Waals surface area contributed by atoms with Crippen molar-refractivity contribution < 1.29 is 18.6 Å². The third-order valence-electron chi connectivity index (χ3n) is 10.2. The summed E-state index contributed by atoms with van der Waals surface area (Å²) in [5.74, 6) is 1.56. The molecule has 2 N–H and O–H groups in total. The van der Waals surface area contributed by atoms with Crippen LogP contribution in [0.5, 0.6) is 11.8 Å². The summed E-state index contributed by atoms with van der Waals surface area (Å²) in [6.07, 6.45) is 14.8. The monoisotopic (exact) mass is 628 g/mol. The molecule has 11 heteroatoms. The Hall–Kier alpha value is -3.72. The maximum Gasteiger partial charge on any atom is 0.319 e. The summed E-state index contributed by atoms with van der Waals surface area (Å²) in [5.41, 5.74) is 0.0800. The molecule has 4 atom stereocenters. The second-order valence-electron chi connectivity index (χ2n) is 12.8. The number of hydrogen-bond donors (Lipinski definition) is 2. The zero-order chi connectivity index (χ0) is 30.9. The average Bonchev–Trinajstić information content (AvgIpc) is 3.71. The van der Waals surface area contributed by atoms with Crippen LogP contribution in [-0.4, -0.2) is 86.9 Å². The maximum atomic E-state index is 16.8. The number of nitrogens with one attached hydrogen (secondary N) is 1. The number of anilines is 1. The molecule has 2 unspecified atom stereocenters. The molecule has 6 heterocycles. The van der Waals surface area contributed by atoms with Crippen molar-refractivity contribution in [2.24, 2.45) is 0 Å². The molecule has 0 saturated carbocycles. The highest BCUT2D eigenvalue weighted by Crippen LogP contribution is 2.43. The number of piperazine rings is 1. The van der Waals surface area contributed by atoms with Gasteiger partial charge in [-0.05, 0) is 68.5 Å². The van der Waals surface area contributed by atoms with Gasteiger partial charge in [-0.3, -0.25) is 9.88 Å². The maximum absolute atomic E-state index is 16.8. The highest BCUT2D eigenvalue weighted by Gasteiger charge is 2.49. The third kappa shape index (κ3) is 4.77. The van der Waals surface area contributed by atoms with Crippen LogP contribution in [0.25, 0.3) is 32.9 Å². The van der Waals surface area contributed by atoms with Crippen molar-refractivity contribution in [1.82, 2.24) is 25.2 Å². The van der Waals surface area contributed by atoms with E-state index in [0.29, 0.717) is 45.9 Å². The summed E-state index contributed by atoms with van der Waals surface area (Å²) < 4.78 is 38.1. The highest BCUT2D eigenvalue weighted by molar-refractivity contribution is 7.99. The first kappa shape index (κ1) is 28.7. The fourth-order valence-electron chi connectivity index (χ4n) is 8.06. The van der Waals surface area contributed by atoms with E-state index in [2.05, 4.69) is 37.3 Å². The molecule has 2 bridgehead atoms. The Morgan fingerprint density at radius 2 is 2.00 bits per heavy atom. The van der Waals surface area contributed by atoms with Crippen LogP contribution in [0.2, 0.25) is 0 Å². The predicted octanol–water partition coefficient (Wildman–Crippen LogP) is 5.10. The Labute approximate surface area is 264 Å². The molecule has 232 valence electrons. The van der Waals surface area contributed by atoms with Crippen molar-refractivity contribution >= 4 is 39.3 Å². The number of benzene rings is 2. The van der Waals surface area contributed by atoms with Crippen LogP contribution in [0.15, 0.2) is 30.5 Å². The van der Waals surface area contributed by atoms with Gasteiger partial charge in [0.2, 0.25) is 0 Å². The van der Waals surface area contributed by atoms with Crippen LogP contribution in [-0.2, 0) is 0 Å². The molecule has 8 nitrogen and oxygen atoms in total. The zero-order valence-electron chi connectivity index (χ0n) is 25.0. The summed E-state index contributed by atoms with van der Waals surface area (Å²) >= 11 is 1.89. The standard InChI is InChI=1S/C34H34F2N6O2S/c1-3-24-27(35)8-5-19-11-22(43)12-25(28(19)24)30-29(36)31-26(14-37-30)32(41-15-20-6-7-21(16-41)38-20)40-33(39-31)44-18-34-9-4-10-42(34)17-23(13-34)45-2/h1,5,8,11-12,14,20-21,23,38,43H,4,6-7,9-10,13,15-18H2,2H3/t20?,21?,23-,34+/m0/s1. The van der Waals surface area contributed by atoms with E-state index in [9.17, 15) is 9.50 Å². The molecular formula is C34H34F2N6O2S. The zero-order valence-corrected chi connectivity index (χ0v) is 25.8. The fraction of sp³-hybridized carbons (Fsp3) is 0.441. The van der Waals surface area contributed by atoms with Crippen molar-refractivity contribution in [1.29, 1.82) is 0 Å². The number of pyridine rings is 1. The number of hydrogen-bond acceptors (Lipinski definition) is 9. The van der Waals surface area contributed by atoms with Crippen LogP contribution in [0.1, 0.15) is 37.7 Å². The van der Waals surface area contributed by atoms with E-state index in [1.54, 1.807) is 6.20 Å². The minimum Gasteiger partial charge on any atom is -0.508 e. The molecule has 0 aliphatic carbocycles. The first-order chi connectivity index (χ1) is 21.9. The number of aromatic nitrogens is 3. The van der Waals surface area contributed by atoms with Crippen molar-refractivity contribution in [3.8, 4) is 35.4 Å². The first-order valence-electron chi connectivity index (χ1n) is 15.6. The molecule has 4 aromatic rings. The molecule has 45 heavy (non-hydrogen) atoms. The van der Waals surface area contributed by atoms with Gasteiger partial charge in [-0.15, -0.1) is 6.42 Å². The molecule has 4 aliphatic rings. The second-order valence-corrected chi connectivity index (χ2v) is 14.0. The van der Waals surface area contributed by atoms with Crippen LogP contribution in [0.4, 0.5) is 14.6 Å². The Bertz CT molecular complexity index is 1870. The molecule has 4 saturated heterocycles. The van der Waals surface area contributed by atoms with E-state index in [4.69, 9.17) is 16.1 Å². The van der Waals surface area contributed by atoms with Gasteiger partial charge in [0.25, 0.3) is 0 Å². The largest absolute Gasteiger partial charge is 0.508 e. The molecular weight excluding hydrogens is 594 g/mol. The SMILES string of the molecule is C#Cc1c(F)ccc2cc(O)cc(-c3ncc4c(N5CC6CCC(C5)N6)nc(OC[C@]56CCCN5C[C@@H](SC)C6)nc4c3F)c12. The number of terminal acetylenes is 1. The molecule has 0 spiro atoms. The van der Waals surface area contributed by atoms with E-state index < -0.39 is 11.6 Å². The lowest BCUT2D eigenvalue weighted by atomic mass is 9.95. The summed E-state index contributed by atoms with van der Waals surface area (Å²) in [7, 11) is 0. The van der Waals surface area contributed by atoms with E-state index >= 15 is 4.39 Å². The normalized spacial score (nSPS) is 26.1. The summed E-state index contributed by atoms with van der Waals surface area (Å²) in [6.45, 7) is 4.00. The summed E-state index contributed by atoms with van der Waals surface area (Å²) in [5, 5.41) is 16.0. The van der Waals surface area contributed by atoms with Crippen molar-refractivity contribution in [3.05, 3.63) is 47.7 Å². The summed E-state index contributed by atoms with van der Waals surface area (Å²) in [6, 6.07) is 6.38. The second kappa shape index (κ2) is 11.0. The average molecular weight is 629 g/mol. The number of aromatic hydroxyl groups is 1. The number of phenolic OH excluding ortho intramolecular Hbond substituents is 1. The lowest BCUT2D eigenvalue weighted by Crippen LogP contribution is -2.51. The van der Waals surface area contributed by atoms with Crippen molar-refractivity contribution in [2.45, 2.75) is 55.0 Å². The van der Waals surface area contributed by atoms with Gasteiger partial charge in [0, 0.05) is 54.1 Å². The van der Waals surface area contributed by atoms with E-state index in [1.165, 1.54) is 24.3 Å². The molecule has 4 fully saturated rings. The highest BCUT2D eigenvalue weighted by atomic mass is 32.2. The van der Waals surface area contributed by atoms with Crippen LogP contribution < -0.4 is 15.0 Å². The minimum atomic E-state index is -0.706. The van der Waals surface area contributed by atoms with Crippen LogP contribution in [0.3, 0.4) is 0 Å². The molecule has 8 rings (SSSR count). The Morgan fingerprint density at radius 3 is 2.78 bits per heavy atom. The Kier molecular flexibility index (Phi) is 7.00. The van der Waals surface area contributed by atoms with Crippen LogP contribution >= 0.6 is 11.8 Å². The number of rotatable bonds is 6. The molecule has 2 aromatic carbocycles. The number of phenols is 1. The smallest absolute Gasteiger partial charge is 0.319 e. The number of ether oxygens (including phenoxy) is 1. The first-order valence-corrected chi connectivity index (χ1v) is 16.8. The van der Waals surface area contributed by atoms with Gasteiger partial charge in [0.1, 0.15) is 35.2 Å². The number of nitrogens with zero attached hydrogens (tertiary/aromatic N) is 5. The van der Waals surface area contributed by atoms with Crippen molar-refractivity contribution in [3.63, 3.8) is 0 Å². The van der Waals surface area contributed by atoms with Crippen LogP contribution in [0, 0.1) is 24.0 Å². The quantitative estimate of drug-likeness (QED) is 0.284. The molecule has 0 radical (unpaired) electrons. The number of fused-ring (bicyclic) bond motifs is 5. The van der Waals surface area contributed by atoms with Gasteiger partial charge >= 0.3 is 6.01 Å². The van der Waals surface area contributed by atoms with E-state index in [-0.39, 0.29) is 39.6 Å². The lowest BCUT2D eigenvalue weighted by Gasteiger charge is -2.34. The van der Waals surface area contributed by atoms with Gasteiger partial charge < -0.3 is 20.1 Å². The van der Waals surface area contributed by atoms with Gasteiger partial charge in [0.05, 0.1) is 16.5 Å². The predicted molar refractivity (Wildman–Crippen MR) is 173 cm³/mol.